The van der Waals surface area contributed by atoms with Crippen molar-refractivity contribution in [2.24, 2.45) is 5.92 Å². The van der Waals surface area contributed by atoms with E-state index in [-0.39, 0.29) is 17.5 Å². The quantitative estimate of drug-likeness (QED) is 0.477. The molecule has 1 N–H and O–H groups in total. The van der Waals surface area contributed by atoms with Crippen molar-refractivity contribution in [3.8, 4) is 17.2 Å². The lowest BCUT2D eigenvalue weighted by Gasteiger charge is -2.18. The second-order valence-electron chi connectivity index (χ2n) is 6.98. The van der Waals surface area contributed by atoms with Gasteiger partial charge in [0.15, 0.2) is 17.2 Å². The van der Waals surface area contributed by atoms with Crippen LogP contribution in [0.2, 0.25) is 0 Å². The first-order valence-corrected chi connectivity index (χ1v) is 9.21. The van der Waals surface area contributed by atoms with Crippen LogP contribution in [0.4, 0.5) is 5.69 Å². The Balaban J connectivity index is 2.07. The summed E-state index contributed by atoms with van der Waals surface area (Å²) >= 11 is 0. The number of benzene rings is 2. The van der Waals surface area contributed by atoms with E-state index in [1.807, 2.05) is 31.2 Å². The van der Waals surface area contributed by atoms with Crippen molar-refractivity contribution in [1.82, 2.24) is 5.32 Å². The number of nitro groups is 1. The summed E-state index contributed by atoms with van der Waals surface area (Å²) in [7, 11) is 3.04. The molecule has 152 valence electrons. The predicted molar refractivity (Wildman–Crippen MR) is 108 cm³/mol. The molecule has 0 radical (unpaired) electrons. The molecule has 0 heterocycles. The van der Waals surface area contributed by atoms with Gasteiger partial charge in [-0.05, 0) is 42.2 Å². The van der Waals surface area contributed by atoms with Crippen LogP contribution in [0.25, 0.3) is 0 Å². The molecule has 0 spiro atoms. The number of nitro benzene ring substituents is 1. The number of nitrogens with one attached hydrogen (secondary N) is 1. The van der Waals surface area contributed by atoms with Gasteiger partial charge in [-0.2, -0.15) is 0 Å². The summed E-state index contributed by atoms with van der Waals surface area (Å²) in [5.41, 5.74) is 1.81. The van der Waals surface area contributed by atoms with Crippen LogP contribution in [-0.2, 0) is 6.54 Å². The fourth-order valence-electron chi connectivity index (χ4n) is 2.71. The molecule has 1 atom stereocenters. The van der Waals surface area contributed by atoms with E-state index in [0.29, 0.717) is 24.8 Å². The molecule has 0 saturated heterocycles. The average Bonchev–Trinajstić information content (AvgIpc) is 2.69. The maximum absolute atomic E-state index is 11.2. The molecule has 28 heavy (non-hydrogen) atoms. The summed E-state index contributed by atoms with van der Waals surface area (Å²) in [5, 5.41) is 14.5. The Morgan fingerprint density at radius 2 is 1.68 bits per heavy atom. The van der Waals surface area contributed by atoms with Crippen LogP contribution in [0.1, 0.15) is 37.9 Å². The lowest BCUT2D eigenvalue weighted by atomic mass is 10.1. The molecule has 0 aromatic heterocycles. The Morgan fingerprint density at radius 1 is 1.00 bits per heavy atom. The number of rotatable bonds is 10. The van der Waals surface area contributed by atoms with Crippen molar-refractivity contribution < 1.29 is 19.1 Å². The highest BCUT2D eigenvalue weighted by Crippen LogP contribution is 2.31. The van der Waals surface area contributed by atoms with Crippen LogP contribution < -0.4 is 19.5 Å². The average molecular weight is 388 g/mol. The molecule has 0 saturated carbocycles. The maximum atomic E-state index is 11.2. The molecule has 7 heteroatoms. The van der Waals surface area contributed by atoms with Gasteiger partial charge >= 0.3 is 5.69 Å². The molecule has 0 aliphatic rings. The molecule has 0 fully saturated rings. The molecule has 0 aliphatic heterocycles. The summed E-state index contributed by atoms with van der Waals surface area (Å²) in [5.74, 6) is 2.09. The smallest absolute Gasteiger partial charge is 0.311 e. The van der Waals surface area contributed by atoms with E-state index in [4.69, 9.17) is 14.2 Å². The third-order valence-electron chi connectivity index (χ3n) is 4.31. The molecule has 2 aromatic carbocycles. The van der Waals surface area contributed by atoms with E-state index >= 15 is 0 Å². The first kappa shape index (κ1) is 21.5. The van der Waals surface area contributed by atoms with Gasteiger partial charge in [0.25, 0.3) is 0 Å². The zero-order chi connectivity index (χ0) is 20.7. The molecule has 2 aromatic rings. The van der Waals surface area contributed by atoms with Crippen LogP contribution in [0.15, 0.2) is 36.4 Å². The third-order valence-corrected chi connectivity index (χ3v) is 4.31. The van der Waals surface area contributed by atoms with Crippen LogP contribution >= 0.6 is 0 Å². The van der Waals surface area contributed by atoms with Gasteiger partial charge in [-0.15, -0.1) is 0 Å². The summed E-state index contributed by atoms with van der Waals surface area (Å²) < 4.78 is 16.3. The van der Waals surface area contributed by atoms with E-state index in [9.17, 15) is 10.1 Å². The Hall–Kier alpha value is -2.80. The van der Waals surface area contributed by atoms with Crippen LogP contribution in [0.3, 0.4) is 0 Å². The van der Waals surface area contributed by atoms with Crippen molar-refractivity contribution in [2.75, 3.05) is 20.8 Å². The topological polar surface area (TPSA) is 82.9 Å². The number of methoxy groups -OCH3 is 2. The second kappa shape index (κ2) is 9.94. The van der Waals surface area contributed by atoms with E-state index in [1.54, 1.807) is 13.2 Å². The number of hydrogen-bond donors (Lipinski definition) is 1. The van der Waals surface area contributed by atoms with Gasteiger partial charge in [-0.1, -0.05) is 26.0 Å². The minimum atomic E-state index is -0.438. The van der Waals surface area contributed by atoms with Crippen molar-refractivity contribution in [3.63, 3.8) is 0 Å². The largest absolute Gasteiger partial charge is 0.493 e. The van der Waals surface area contributed by atoms with E-state index in [1.165, 1.54) is 13.2 Å². The summed E-state index contributed by atoms with van der Waals surface area (Å²) in [4.78, 5) is 10.7. The van der Waals surface area contributed by atoms with Crippen molar-refractivity contribution >= 4 is 5.69 Å². The Kier molecular flexibility index (Phi) is 7.63. The molecule has 0 bridgehead atoms. The molecule has 1 unspecified atom stereocenters. The van der Waals surface area contributed by atoms with Gasteiger partial charge in [-0.3, -0.25) is 10.1 Å². The van der Waals surface area contributed by atoms with Gasteiger partial charge in [0.05, 0.1) is 25.7 Å². The van der Waals surface area contributed by atoms with Crippen LogP contribution in [0, 0.1) is 16.0 Å². The number of hydrogen-bond acceptors (Lipinski definition) is 6. The lowest BCUT2D eigenvalue weighted by Crippen LogP contribution is -2.18. The molecule has 0 aliphatic carbocycles. The van der Waals surface area contributed by atoms with Crippen LogP contribution in [0.5, 0.6) is 17.2 Å². The molecular formula is C21H28N2O5. The Labute approximate surface area is 165 Å². The maximum Gasteiger partial charge on any atom is 0.311 e. The van der Waals surface area contributed by atoms with Gasteiger partial charge in [0.2, 0.25) is 0 Å². The van der Waals surface area contributed by atoms with Crippen molar-refractivity contribution in [2.45, 2.75) is 33.4 Å². The summed E-state index contributed by atoms with van der Waals surface area (Å²) in [6.07, 6.45) is 0. The monoisotopic (exact) mass is 388 g/mol. The molecule has 0 amide bonds. The lowest BCUT2D eigenvalue weighted by molar-refractivity contribution is -0.385. The SMILES string of the molecule is COc1cc(C(C)NCc2ccc(OC)c([N+](=O)[O-])c2)ccc1OCC(C)C. The van der Waals surface area contributed by atoms with Gasteiger partial charge in [0.1, 0.15) is 0 Å². The highest BCUT2D eigenvalue weighted by Gasteiger charge is 2.16. The van der Waals surface area contributed by atoms with E-state index in [2.05, 4.69) is 19.2 Å². The van der Waals surface area contributed by atoms with Crippen molar-refractivity contribution in [3.05, 3.63) is 57.6 Å². The van der Waals surface area contributed by atoms with E-state index in [0.717, 1.165) is 16.9 Å². The number of nitrogens with zero attached hydrogens (tertiary/aromatic N) is 1. The standard InChI is InChI=1S/C21H28N2O5/c1-14(2)13-28-20-9-7-17(11-21(20)27-5)15(3)22-12-16-6-8-19(26-4)18(10-16)23(24)25/h6-11,14-15,22H,12-13H2,1-5H3. The highest BCUT2D eigenvalue weighted by molar-refractivity contribution is 5.48. The highest BCUT2D eigenvalue weighted by atomic mass is 16.6. The van der Waals surface area contributed by atoms with Crippen LogP contribution in [-0.4, -0.2) is 25.7 Å². The van der Waals surface area contributed by atoms with Gasteiger partial charge < -0.3 is 19.5 Å². The minimum absolute atomic E-state index is 0.0224. The third kappa shape index (κ3) is 5.60. The fourth-order valence-corrected chi connectivity index (χ4v) is 2.71. The predicted octanol–water partition coefficient (Wildman–Crippen LogP) is 4.50. The van der Waals surface area contributed by atoms with Gasteiger partial charge in [0, 0.05) is 18.7 Å². The molecule has 2 rings (SSSR count). The summed E-state index contributed by atoms with van der Waals surface area (Å²) in [6, 6.07) is 10.8. The molecule has 7 nitrogen and oxygen atoms in total. The zero-order valence-corrected chi connectivity index (χ0v) is 17.0. The normalized spacial score (nSPS) is 11.9. The first-order valence-electron chi connectivity index (χ1n) is 9.21. The van der Waals surface area contributed by atoms with E-state index < -0.39 is 4.92 Å². The zero-order valence-electron chi connectivity index (χ0n) is 17.0. The van der Waals surface area contributed by atoms with Gasteiger partial charge in [-0.25, -0.2) is 0 Å². The Morgan fingerprint density at radius 3 is 2.29 bits per heavy atom. The minimum Gasteiger partial charge on any atom is -0.493 e. The Bertz CT molecular complexity index is 807. The van der Waals surface area contributed by atoms with Crippen molar-refractivity contribution in [1.29, 1.82) is 0 Å². The summed E-state index contributed by atoms with van der Waals surface area (Å²) in [6.45, 7) is 7.33. The number of ether oxygens (including phenoxy) is 3. The first-order chi connectivity index (χ1) is 13.3. The molecular weight excluding hydrogens is 360 g/mol. The second-order valence-corrected chi connectivity index (χ2v) is 6.98. The fraction of sp³-hybridized carbons (Fsp3) is 0.429.